The van der Waals surface area contributed by atoms with Crippen molar-refractivity contribution in [1.29, 1.82) is 0 Å². The quantitative estimate of drug-likeness (QED) is 0.635. The van der Waals surface area contributed by atoms with Gasteiger partial charge in [0.25, 0.3) is 0 Å². The summed E-state index contributed by atoms with van der Waals surface area (Å²) in [4.78, 5) is 19.5. The Hall–Kier alpha value is -0.840. The summed E-state index contributed by atoms with van der Waals surface area (Å²) in [6, 6.07) is 8.30. The van der Waals surface area contributed by atoms with Gasteiger partial charge >= 0.3 is 47.6 Å². The van der Waals surface area contributed by atoms with Crippen molar-refractivity contribution in [3.05, 3.63) is 35.9 Å². The first-order chi connectivity index (χ1) is 6.04. The molecule has 0 radical (unpaired) electrons. The summed E-state index contributed by atoms with van der Waals surface area (Å²) in [6.07, 6.45) is 0. The molecule has 0 fully saturated rings. The molecule has 5 heteroatoms. The van der Waals surface area contributed by atoms with Crippen LogP contribution in [-0.4, -0.2) is 42.2 Å². The van der Waals surface area contributed by atoms with Crippen molar-refractivity contribution < 1.29 is 14.7 Å². The van der Waals surface area contributed by atoms with E-state index in [0.717, 1.165) is 0 Å². The standard InChI is InChI=1S/C7H6O2.CH2NO.Na/c8-7(9)6-4-2-1-3-5-6;2-1-3;/h1-5H,(H,8,9);(H2,2,3);. The summed E-state index contributed by atoms with van der Waals surface area (Å²) in [6.45, 7) is 0. The largest absolute Gasteiger partial charge is 0.478 e. The van der Waals surface area contributed by atoms with Gasteiger partial charge in [-0.25, -0.2) is 4.79 Å². The van der Waals surface area contributed by atoms with Crippen LogP contribution in [0.5, 0.6) is 0 Å². The maximum atomic E-state index is 10.2. The zero-order valence-electron chi connectivity index (χ0n) is 7.23. The number of carbonyl (C=O) groups is 2. The average Bonchev–Trinajstić information content (AvgIpc) is 2.05. The maximum absolute atomic E-state index is 10.2. The topological polar surface area (TPSA) is 80.4 Å². The number of amides is 1. The Morgan fingerprint density at radius 3 is 1.85 bits per heavy atom. The fraction of sp³-hybridized carbons (Fsp3) is 0. The Kier molecular flexibility index (Phi) is 6.22. The first-order valence-corrected chi connectivity index (χ1v) is 4.58. The van der Waals surface area contributed by atoms with Crippen LogP contribution in [-0.2, 0) is 0 Å². The van der Waals surface area contributed by atoms with Crippen molar-refractivity contribution in [2.75, 3.05) is 0 Å². The van der Waals surface area contributed by atoms with E-state index in [0.29, 0.717) is 33.5 Å². The number of benzene rings is 1. The summed E-state index contributed by atoms with van der Waals surface area (Å²) in [7, 11) is 0. The third-order valence-electron chi connectivity index (χ3n) is 1.02. The number of primary amides is 1. The molecule has 3 N–H and O–H groups in total. The number of carboxylic acid groups (broad SMARTS) is 1. The number of rotatable bonds is 1. The Morgan fingerprint density at radius 2 is 1.62 bits per heavy atom. The van der Waals surface area contributed by atoms with E-state index in [2.05, 4.69) is 5.73 Å². The van der Waals surface area contributed by atoms with E-state index in [1.54, 1.807) is 30.3 Å². The van der Waals surface area contributed by atoms with Gasteiger partial charge in [0.05, 0.1) is 5.56 Å². The molecule has 4 nitrogen and oxygen atoms in total. The molecule has 0 atom stereocenters. The molecule has 0 bridgehead atoms. The summed E-state index contributed by atoms with van der Waals surface area (Å²) in [5.41, 5.74) is 4.86. The SMILES string of the molecule is N[C](=O)[Na].O=C(O)c1ccccc1. The molecule has 13 heavy (non-hydrogen) atoms. The maximum Gasteiger partial charge on any atom is 0.335 e. The molecule has 0 saturated heterocycles. The van der Waals surface area contributed by atoms with E-state index in [1.807, 2.05) is 0 Å². The second-order valence-corrected chi connectivity index (χ2v) is 3.27. The van der Waals surface area contributed by atoms with Gasteiger partial charge in [-0.15, -0.1) is 0 Å². The minimum atomic E-state index is -0.879. The molecule has 1 amide bonds. The predicted molar refractivity (Wildman–Crippen MR) is 48.7 cm³/mol. The Balaban J connectivity index is 0.000000310. The van der Waals surface area contributed by atoms with Crippen LogP contribution in [0.4, 0.5) is 4.79 Å². The van der Waals surface area contributed by atoms with Crippen molar-refractivity contribution in [3.8, 4) is 0 Å². The van der Waals surface area contributed by atoms with Gasteiger partial charge in [-0.3, -0.25) is 0 Å². The summed E-state index contributed by atoms with van der Waals surface area (Å²) in [5, 5.41) is 8.38. The average molecular weight is 189 g/mol. The van der Waals surface area contributed by atoms with Crippen LogP contribution in [0.3, 0.4) is 0 Å². The summed E-state index contributed by atoms with van der Waals surface area (Å²) < 4.78 is -0.194. The Labute approximate surface area is 93.2 Å². The van der Waals surface area contributed by atoms with Gasteiger partial charge in [0, 0.05) is 0 Å². The van der Waals surface area contributed by atoms with Gasteiger partial charge in [-0.05, 0) is 12.1 Å². The monoisotopic (exact) mass is 189 g/mol. The van der Waals surface area contributed by atoms with E-state index in [-0.39, 0.29) is 3.16 Å². The van der Waals surface area contributed by atoms with Crippen LogP contribution in [0.15, 0.2) is 30.3 Å². The van der Waals surface area contributed by atoms with Gasteiger partial charge in [0.2, 0.25) is 0 Å². The first-order valence-electron chi connectivity index (χ1n) is 3.58. The molecule has 0 aliphatic carbocycles. The number of nitrogens with two attached hydrogens (primary N) is 1. The van der Waals surface area contributed by atoms with Crippen LogP contribution in [0, 0.1) is 0 Å². The Morgan fingerprint density at radius 1 is 1.23 bits per heavy atom. The summed E-state index contributed by atoms with van der Waals surface area (Å²) in [5.74, 6) is -0.879. The zero-order valence-corrected chi connectivity index (χ0v) is 9.23. The van der Waals surface area contributed by atoms with Crippen molar-refractivity contribution in [2.24, 2.45) is 5.73 Å². The van der Waals surface area contributed by atoms with Crippen LogP contribution >= 0.6 is 0 Å². The normalized spacial score (nSPS) is 8.15. The predicted octanol–water partition coefficient (Wildman–Crippen LogP) is 0.618. The first kappa shape index (κ1) is 12.2. The molecule has 64 valence electrons. The third kappa shape index (κ3) is 7.52. The van der Waals surface area contributed by atoms with Crippen molar-refractivity contribution in [3.63, 3.8) is 0 Å². The molecule has 0 aromatic heterocycles. The van der Waals surface area contributed by atoms with E-state index < -0.39 is 5.97 Å². The van der Waals surface area contributed by atoms with Crippen molar-refractivity contribution in [1.82, 2.24) is 0 Å². The van der Waals surface area contributed by atoms with Crippen molar-refractivity contribution in [2.45, 2.75) is 0 Å². The number of carbonyl (C=O) groups excluding carboxylic acids is 1. The van der Waals surface area contributed by atoms with Gasteiger partial charge in [0.15, 0.2) is 0 Å². The molecule has 0 aliphatic heterocycles. The number of aromatic carboxylic acids is 1. The fourth-order valence-electron chi connectivity index (χ4n) is 0.581. The van der Waals surface area contributed by atoms with E-state index in [1.165, 1.54) is 0 Å². The Bertz CT molecular complexity index is 283. The molecule has 0 aliphatic rings. The second kappa shape index (κ2) is 6.65. The molecular formula is C8H8NNaO3. The molecular weight excluding hydrogens is 181 g/mol. The van der Waals surface area contributed by atoms with Crippen molar-refractivity contribution >= 4 is 37.1 Å². The summed E-state index contributed by atoms with van der Waals surface area (Å²) >= 11 is 0.488. The number of hydrogen-bond acceptors (Lipinski definition) is 2. The van der Waals surface area contributed by atoms with Gasteiger partial charge in [0.1, 0.15) is 0 Å². The smallest absolute Gasteiger partial charge is 0.335 e. The van der Waals surface area contributed by atoms with Crippen LogP contribution in [0.25, 0.3) is 0 Å². The van der Waals surface area contributed by atoms with Gasteiger partial charge in [-0.2, -0.15) is 0 Å². The molecule has 0 heterocycles. The van der Waals surface area contributed by atoms with E-state index >= 15 is 0 Å². The van der Waals surface area contributed by atoms with E-state index in [4.69, 9.17) is 5.11 Å². The number of carboxylic acids is 1. The van der Waals surface area contributed by atoms with E-state index in [9.17, 15) is 9.59 Å². The van der Waals surface area contributed by atoms with Gasteiger partial charge in [-0.1, -0.05) is 18.2 Å². The van der Waals surface area contributed by atoms with Gasteiger partial charge < -0.3 is 5.11 Å². The van der Waals surface area contributed by atoms with Crippen LogP contribution in [0.2, 0.25) is 0 Å². The third-order valence-corrected chi connectivity index (χ3v) is 1.02. The number of hydrogen-bond donors (Lipinski definition) is 2. The second-order valence-electron chi connectivity index (χ2n) is 2.28. The minimum absolute atomic E-state index is 0.194. The van der Waals surface area contributed by atoms with Crippen LogP contribution in [0.1, 0.15) is 10.4 Å². The van der Waals surface area contributed by atoms with Crippen LogP contribution < -0.4 is 5.73 Å². The molecule has 1 rings (SSSR count). The molecule has 1 aromatic rings. The molecule has 1 aromatic carbocycles. The molecule has 0 saturated carbocycles. The molecule has 0 spiro atoms. The minimum Gasteiger partial charge on any atom is -0.478 e. The fourth-order valence-corrected chi connectivity index (χ4v) is 0.581. The molecule has 0 unspecified atom stereocenters. The zero-order chi connectivity index (χ0) is 10.3.